The molecule has 3 aliphatic rings. The lowest BCUT2D eigenvalue weighted by molar-refractivity contribution is 0.121. The van der Waals surface area contributed by atoms with E-state index >= 15 is 0 Å². The standard InChI is InChI=1S/C14H25NO/c1(9-16-10-11-2-3-11)8-15-14(12-4-5-12)13-6-7-13/h11-15H,1-10H2. The van der Waals surface area contributed by atoms with Gasteiger partial charge in [0.15, 0.2) is 0 Å². The van der Waals surface area contributed by atoms with Gasteiger partial charge in [-0.3, -0.25) is 0 Å². The van der Waals surface area contributed by atoms with Crippen molar-refractivity contribution >= 4 is 0 Å². The van der Waals surface area contributed by atoms with Gasteiger partial charge in [0.1, 0.15) is 0 Å². The van der Waals surface area contributed by atoms with Crippen molar-refractivity contribution in [1.82, 2.24) is 5.32 Å². The SMILES string of the molecule is C(CNC(C1CC1)C1CC1)COCC1CC1. The predicted molar refractivity (Wildman–Crippen MR) is 65.4 cm³/mol. The number of nitrogens with one attached hydrogen (secondary N) is 1. The fraction of sp³-hybridized carbons (Fsp3) is 1.00. The van der Waals surface area contributed by atoms with Crippen molar-refractivity contribution in [3.8, 4) is 0 Å². The Hall–Kier alpha value is -0.0800. The minimum atomic E-state index is 0.864. The van der Waals surface area contributed by atoms with E-state index in [1.54, 1.807) is 0 Å². The van der Waals surface area contributed by atoms with Crippen molar-refractivity contribution in [3.05, 3.63) is 0 Å². The van der Waals surface area contributed by atoms with Gasteiger partial charge in [-0.2, -0.15) is 0 Å². The molecular weight excluding hydrogens is 198 g/mol. The van der Waals surface area contributed by atoms with Crippen LogP contribution in [0, 0.1) is 17.8 Å². The van der Waals surface area contributed by atoms with E-state index in [1.807, 2.05) is 0 Å². The topological polar surface area (TPSA) is 21.3 Å². The first-order chi connectivity index (χ1) is 7.93. The highest BCUT2D eigenvalue weighted by molar-refractivity contribution is 4.96. The lowest BCUT2D eigenvalue weighted by Gasteiger charge is -2.17. The lowest BCUT2D eigenvalue weighted by atomic mass is 10.1. The van der Waals surface area contributed by atoms with Crippen LogP contribution in [0.2, 0.25) is 0 Å². The highest BCUT2D eigenvalue weighted by atomic mass is 16.5. The van der Waals surface area contributed by atoms with Gasteiger partial charge < -0.3 is 10.1 Å². The molecule has 0 radical (unpaired) electrons. The van der Waals surface area contributed by atoms with Crippen molar-refractivity contribution in [2.75, 3.05) is 19.8 Å². The van der Waals surface area contributed by atoms with Crippen LogP contribution in [0.4, 0.5) is 0 Å². The molecule has 0 aromatic carbocycles. The van der Waals surface area contributed by atoms with Crippen LogP contribution in [0.3, 0.4) is 0 Å². The smallest absolute Gasteiger partial charge is 0.0494 e. The summed E-state index contributed by atoms with van der Waals surface area (Å²) in [7, 11) is 0. The van der Waals surface area contributed by atoms with Gasteiger partial charge in [-0.1, -0.05) is 0 Å². The van der Waals surface area contributed by atoms with E-state index in [1.165, 1.54) is 51.5 Å². The Labute approximate surface area is 99.1 Å². The second kappa shape index (κ2) is 5.05. The normalized spacial score (nSPS) is 25.3. The van der Waals surface area contributed by atoms with Crippen molar-refractivity contribution in [2.24, 2.45) is 17.8 Å². The molecule has 2 nitrogen and oxygen atoms in total. The third kappa shape index (κ3) is 3.46. The van der Waals surface area contributed by atoms with E-state index in [0.717, 1.165) is 37.0 Å². The predicted octanol–water partition coefficient (Wildman–Crippen LogP) is 2.58. The molecule has 0 bridgehead atoms. The van der Waals surface area contributed by atoms with Crippen LogP contribution < -0.4 is 5.32 Å². The monoisotopic (exact) mass is 223 g/mol. The molecule has 0 amide bonds. The maximum atomic E-state index is 5.65. The quantitative estimate of drug-likeness (QED) is 0.607. The van der Waals surface area contributed by atoms with Gasteiger partial charge in [0, 0.05) is 19.3 Å². The Morgan fingerprint density at radius 3 is 2.25 bits per heavy atom. The van der Waals surface area contributed by atoms with Crippen molar-refractivity contribution in [3.63, 3.8) is 0 Å². The second-order valence-corrected chi connectivity index (χ2v) is 6.03. The minimum absolute atomic E-state index is 0.864. The first-order valence-electron chi connectivity index (χ1n) is 7.24. The maximum Gasteiger partial charge on any atom is 0.0494 e. The summed E-state index contributed by atoms with van der Waals surface area (Å²) in [5, 5.41) is 3.77. The van der Waals surface area contributed by atoms with E-state index in [2.05, 4.69) is 5.32 Å². The highest BCUT2D eigenvalue weighted by Gasteiger charge is 2.40. The van der Waals surface area contributed by atoms with Gasteiger partial charge in [0.2, 0.25) is 0 Å². The van der Waals surface area contributed by atoms with Crippen LogP contribution in [0.5, 0.6) is 0 Å². The van der Waals surface area contributed by atoms with Gasteiger partial charge in [-0.05, 0) is 69.2 Å². The Balaban J connectivity index is 1.21. The third-order valence-electron chi connectivity index (χ3n) is 4.16. The molecule has 2 heteroatoms. The van der Waals surface area contributed by atoms with E-state index in [0.29, 0.717) is 0 Å². The van der Waals surface area contributed by atoms with Gasteiger partial charge in [-0.15, -0.1) is 0 Å². The van der Waals surface area contributed by atoms with Gasteiger partial charge in [0.25, 0.3) is 0 Å². The van der Waals surface area contributed by atoms with E-state index in [4.69, 9.17) is 4.74 Å². The van der Waals surface area contributed by atoms with Crippen LogP contribution in [0.25, 0.3) is 0 Å². The molecule has 0 unspecified atom stereocenters. The number of rotatable bonds is 9. The van der Waals surface area contributed by atoms with E-state index < -0.39 is 0 Å². The van der Waals surface area contributed by atoms with Crippen LogP contribution in [0.1, 0.15) is 44.9 Å². The first-order valence-corrected chi connectivity index (χ1v) is 7.24. The summed E-state index contributed by atoms with van der Waals surface area (Å²) in [6, 6.07) is 0.864. The molecule has 1 N–H and O–H groups in total. The van der Waals surface area contributed by atoms with Crippen LogP contribution in [0.15, 0.2) is 0 Å². The summed E-state index contributed by atoms with van der Waals surface area (Å²) < 4.78 is 5.65. The molecule has 92 valence electrons. The van der Waals surface area contributed by atoms with Crippen LogP contribution >= 0.6 is 0 Å². The molecule has 3 fully saturated rings. The van der Waals surface area contributed by atoms with Gasteiger partial charge >= 0.3 is 0 Å². The molecule has 0 heterocycles. The fourth-order valence-corrected chi connectivity index (χ4v) is 2.61. The summed E-state index contributed by atoms with van der Waals surface area (Å²) in [5.41, 5.74) is 0. The average molecular weight is 223 g/mol. The largest absolute Gasteiger partial charge is 0.381 e. The zero-order valence-electron chi connectivity index (χ0n) is 10.3. The summed E-state index contributed by atoms with van der Waals surface area (Å²) in [5.74, 6) is 2.97. The molecule has 0 aliphatic heterocycles. The summed E-state index contributed by atoms with van der Waals surface area (Å²) >= 11 is 0. The zero-order valence-corrected chi connectivity index (χ0v) is 10.3. The average Bonchev–Trinajstić information content (AvgIpc) is 3.15. The third-order valence-corrected chi connectivity index (χ3v) is 4.16. The van der Waals surface area contributed by atoms with Crippen LogP contribution in [-0.2, 0) is 4.74 Å². The molecule has 0 aromatic rings. The molecule has 3 saturated carbocycles. The molecule has 0 saturated heterocycles. The molecule has 3 aliphatic carbocycles. The molecule has 0 spiro atoms. The summed E-state index contributed by atoms with van der Waals surface area (Å²) in [6.07, 6.45) is 9.92. The van der Waals surface area contributed by atoms with E-state index in [-0.39, 0.29) is 0 Å². The summed E-state index contributed by atoms with van der Waals surface area (Å²) in [4.78, 5) is 0. The van der Waals surface area contributed by atoms with E-state index in [9.17, 15) is 0 Å². The number of hydrogen-bond donors (Lipinski definition) is 1. The zero-order chi connectivity index (χ0) is 10.8. The Morgan fingerprint density at radius 1 is 1.00 bits per heavy atom. The highest BCUT2D eigenvalue weighted by Crippen LogP contribution is 2.44. The Morgan fingerprint density at radius 2 is 1.69 bits per heavy atom. The van der Waals surface area contributed by atoms with Gasteiger partial charge in [-0.25, -0.2) is 0 Å². The lowest BCUT2D eigenvalue weighted by Crippen LogP contribution is -2.34. The number of ether oxygens (including phenoxy) is 1. The Bertz CT molecular complexity index is 207. The summed E-state index contributed by atoms with van der Waals surface area (Å²) in [6.45, 7) is 3.16. The van der Waals surface area contributed by atoms with Crippen molar-refractivity contribution in [2.45, 2.75) is 51.0 Å². The minimum Gasteiger partial charge on any atom is -0.381 e. The second-order valence-electron chi connectivity index (χ2n) is 6.03. The van der Waals surface area contributed by atoms with Crippen molar-refractivity contribution in [1.29, 1.82) is 0 Å². The molecule has 3 rings (SSSR count). The molecule has 0 atom stereocenters. The first kappa shape index (κ1) is 11.0. The van der Waals surface area contributed by atoms with Crippen molar-refractivity contribution < 1.29 is 4.74 Å². The number of hydrogen-bond acceptors (Lipinski definition) is 2. The maximum absolute atomic E-state index is 5.65. The molecular formula is C14H25NO. The molecule has 0 aromatic heterocycles. The fourth-order valence-electron chi connectivity index (χ4n) is 2.61. The molecule has 16 heavy (non-hydrogen) atoms. The Kier molecular flexibility index (Phi) is 3.49. The van der Waals surface area contributed by atoms with Crippen LogP contribution in [-0.4, -0.2) is 25.8 Å². The van der Waals surface area contributed by atoms with Gasteiger partial charge in [0.05, 0.1) is 0 Å².